The summed E-state index contributed by atoms with van der Waals surface area (Å²) < 4.78 is 4.75. The van der Waals surface area contributed by atoms with Crippen LogP contribution >= 0.6 is 0 Å². The van der Waals surface area contributed by atoms with Gasteiger partial charge < -0.3 is 9.64 Å². The van der Waals surface area contributed by atoms with E-state index in [9.17, 15) is 4.79 Å². The number of carbonyl (C=O) groups is 1. The van der Waals surface area contributed by atoms with E-state index in [0.717, 1.165) is 19.5 Å². The average Bonchev–Trinajstić information content (AvgIpc) is 2.94. The minimum atomic E-state index is -0.135. The lowest BCUT2D eigenvalue weighted by Gasteiger charge is -2.23. The first-order valence-electron chi connectivity index (χ1n) is 10.4. The molecule has 150 valence electrons. The van der Waals surface area contributed by atoms with E-state index in [1.54, 1.807) is 0 Å². The number of ether oxygens (including phenoxy) is 1. The number of carbonyl (C=O) groups excluding carboxylic acids is 1. The van der Waals surface area contributed by atoms with Crippen LogP contribution in [0.3, 0.4) is 0 Å². The summed E-state index contributed by atoms with van der Waals surface area (Å²) in [6.45, 7) is 8.65. The van der Waals surface area contributed by atoms with Crippen molar-refractivity contribution in [1.29, 1.82) is 0 Å². The Morgan fingerprint density at radius 2 is 1.79 bits per heavy atom. The highest BCUT2D eigenvalue weighted by Gasteiger charge is 2.35. The van der Waals surface area contributed by atoms with E-state index in [0.29, 0.717) is 24.2 Å². The predicted octanol–water partition coefficient (Wildman–Crippen LogP) is 5.38. The first-order valence-corrected chi connectivity index (χ1v) is 10.4. The van der Waals surface area contributed by atoms with Crippen molar-refractivity contribution in [3.8, 4) is 11.1 Å². The number of rotatable bonds is 7. The normalized spacial score (nSPS) is 21.0. The van der Waals surface area contributed by atoms with Crippen molar-refractivity contribution in [1.82, 2.24) is 4.90 Å². The highest BCUT2D eigenvalue weighted by molar-refractivity contribution is 5.69. The zero-order valence-corrected chi connectivity index (χ0v) is 17.9. The number of fused-ring (bicyclic) bond motifs is 1. The van der Waals surface area contributed by atoms with Crippen molar-refractivity contribution in [2.75, 3.05) is 27.2 Å². The molecule has 1 aliphatic rings. The van der Waals surface area contributed by atoms with Crippen LogP contribution in [0.4, 0.5) is 0 Å². The van der Waals surface area contributed by atoms with Crippen LogP contribution in [-0.2, 0) is 9.53 Å². The molecule has 0 fully saturated rings. The van der Waals surface area contributed by atoms with Gasteiger partial charge in [-0.25, -0.2) is 0 Å². The van der Waals surface area contributed by atoms with E-state index in [-0.39, 0.29) is 5.97 Å². The standard InChI is InChI=1S/C25H33NO2/c1-17-7-6-8-20(15-17)21-9-10-23-22(18(2)19(3)24(23)16-21)11-13-26(4)14-12-25(27)28-5/h6-10,15-16,18-19,22H,11-14H2,1-5H3/t18-,19?,22?/m1/s1. The zero-order valence-electron chi connectivity index (χ0n) is 17.9. The van der Waals surface area contributed by atoms with Gasteiger partial charge in [-0.3, -0.25) is 4.79 Å². The summed E-state index contributed by atoms with van der Waals surface area (Å²) in [6.07, 6.45) is 1.58. The molecule has 0 saturated carbocycles. The fraction of sp³-hybridized carbons (Fsp3) is 0.480. The summed E-state index contributed by atoms with van der Waals surface area (Å²) in [5, 5.41) is 0. The molecule has 0 spiro atoms. The van der Waals surface area contributed by atoms with Gasteiger partial charge in [-0.2, -0.15) is 0 Å². The maximum Gasteiger partial charge on any atom is 0.306 e. The van der Waals surface area contributed by atoms with E-state index in [1.807, 2.05) is 0 Å². The van der Waals surface area contributed by atoms with E-state index in [1.165, 1.54) is 34.9 Å². The second kappa shape index (κ2) is 8.91. The Hall–Kier alpha value is -2.13. The Labute approximate surface area is 169 Å². The molecule has 0 amide bonds. The van der Waals surface area contributed by atoms with Crippen LogP contribution in [0, 0.1) is 12.8 Å². The summed E-state index contributed by atoms with van der Waals surface area (Å²) >= 11 is 0. The van der Waals surface area contributed by atoms with Gasteiger partial charge in [-0.1, -0.05) is 61.9 Å². The summed E-state index contributed by atoms with van der Waals surface area (Å²) in [6, 6.07) is 15.8. The molecule has 3 atom stereocenters. The van der Waals surface area contributed by atoms with Gasteiger partial charge in [-0.15, -0.1) is 0 Å². The fourth-order valence-electron chi connectivity index (χ4n) is 4.50. The minimum Gasteiger partial charge on any atom is -0.469 e. The molecule has 3 rings (SSSR count). The van der Waals surface area contributed by atoms with Crippen LogP contribution < -0.4 is 0 Å². The molecule has 0 radical (unpaired) electrons. The summed E-state index contributed by atoms with van der Waals surface area (Å²) in [7, 11) is 3.54. The number of hydrogen-bond donors (Lipinski definition) is 0. The van der Waals surface area contributed by atoms with Crippen molar-refractivity contribution in [2.45, 2.75) is 45.4 Å². The van der Waals surface area contributed by atoms with Crippen molar-refractivity contribution < 1.29 is 9.53 Å². The number of benzene rings is 2. The molecule has 2 aromatic carbocycles. The average molecular weight is 380 g/mol. The lowest BCUT2D eigenvalue weighted by molar-refractivity contribution is -0.140. The van der Waals surface area contributed by atoms with Crippen LogP contribution in [0.2, 0.25) is 0 Å². The SMILES string of the molecule is COC(=O)CCN(C)CCC1c2ccc(-c3cccc(C)c3)cc2C(C)[C@H]1C. The third kappa shape index (κ3) is 4.47. The highest BCUT2D eigenvalue weighted by atomic mass is 16.5. The smallest absolute Gasteiger partial charge is 0.306 e. The first-order chi connectivity index (χ1) is 13.4. The predicted molar refractivity (Wildman–Crippen MR) is 116 cm³/mol. The maximum atomic E-state index is 11.4. The van der Waals surface area contributed by atoms with Gasteiger partial charge in [0.1, 0.15) is 0 Å². The van der Waals surface area contributed by atoms with Gasteiger partial charge in [0.15, 0.2) is 0 Å². The molecule has 0 saturated heterocycles. The molecule has 2 unspecified atom stereocenters. The topological polar surface area (TPSA) is 29.5 Å². The van der Waals surface area contributed by atoms with Gasteiger partial charge in [0.05, 0.1) is 13.5 Å². The number of nitrogens with zero attached hydrogens (tertiary/aromatic N) is 1. The Kier molecular flexibility index (Phi) is 6.56. The molecular formula is C25H33NO2. The molecular weight excluding hydrogens is 346 g/mol. The van der Waals surface area contributed by atoms with Crippen molar-refractivity contribution >= 4 is 5.97 Å². The number of aryl methyl sites for hydroxylation is 1. The second-order valence-corrected chi connectivity index (χ2v) is 8.39. The summed E-state index contributed by atoms with van der Waals surface area (Å²) in [5.74, 6) is 1.66. The largest absolute Gasteiger partial charge is 0.469 e. The van der Waals surface area contributed by atoms with Crippen LogP contribution in [0.1, 0.15) is 55.2 Å². The minimum absolute atomic E-state index is 0.135. The molecule has 3 nitrogen and oxygen atoms in total. The fourth-order valence-corrected chi connectivity index (χ4v) is 4.50. The molecule has 0 aromatic heterocycles. The van der Waals surface area contributed by atoms with Gasteiger partial charge in [0, 0.05) is 6.54 Å². The lowest BCUT2D eigenvalue weighted by Crippen LogP contribution is -2.25. The van der Waals surface area contributed by atoms with E-state index >= 15 is 0 Å². The number of methoxy groups -OCH3 is 1. The summed E-state index contributed by atoms with van der Waals surface area (Å²) in [4.78, 5) is 13.6. The molecule has 0 heterocycles. The second-order valence-electron chi connectivity index (χ2n) is 8.39. The highest BCUT2D eigenvalue weighted by Crippen LogP contribution is 2.48. The Morgan fingerprint density at radius 1 is 1.04 bits per heavy atom. The zero-order chi connectivity index (χ0) is 20.3. The number of hydrogen-bond acceptors (Lipinski definition) is 3. The van der Waals surface area contributed by atoms with Gasteiger partial charge in [0.2, 0.25) is 0 Å². The third-order valence-corrected chi connectivity index (χ3v) is 6.50. The molecule has 3 heteroatoms. The van der Waals surface area contributed by atoms with Crippen LogP contribution in [0.15, 0.2) is 42.5 Å². The van der Waals surface area contributed by atoms with Gasteiger partial charge in [0.25, 0.3) is 0 Å². The Bertz CT molecular complexity index is 829. The molecule has 2 aromatic rings. The summed E-state index contributed by atoms with van der Waals surface area (Å²) in [5.41, 5.74) is 6.93. The van der Waals surface area contributed by atoms with E-state index in [4.69, 9.17) is 4.74 Å². The molecule has 0 N–H and O–H groups in total. The van der Waals surface area contributed by atoms with Crippen molar-refractivity contribution in [3.05, 3.63) is 59.2 Å². The third-order valence-electron chi connectivity index (χ3n) is 6.50. The van der Waals surface area contributed by atoms with E-state index in [2.05, 4.69) is 75.2 Å². The Balaban J connectivity index is 1.72. The molecule has 28 heavy (non-hydrogen) atoms. The van der Waals surface area contributed by atoms with Crippen molar-refractivity contribution in [2.24, 2.45) is 5.92 Å². The van der Waals surface area contributed by atoms with Gasteiger partial charge in [-0.05, 0) is 66.9 Å². The van der Waals surface area contributed by atoms with Crippen molar-refractivity contribution in [3.63, 3.8) is 0 Å². The lowest BCUT2D eigenvalue weighted by atomic mass is 9.87. The monoisotopic (exact) mass is 379 g/mol. The first kappa shape index (κ1) is 20.6. The molecule has 0 aliphatic heterocycles. The van der Waals surface area contributed by atoms with Crippen LogP contribution in [-0.4, -0.2) is 38.1 Å². The molecule has 1 aliphatic carbocycles. The number of esters is 1. The van der Waals surface area contributed by atoms with Gasteiger partial charge >= 0.3 is 5.97 Å². The maximum absolute atomic E-state index is 11.4. The quantitative estimate of drug-likeness (QED) is 0.605. The Morgan fingerprint density at radius 3 is 2.50 bits per heavy atom. The van der Waals surface area contributed by atoms with E-state index < -0.39 is 0 Å². The molecule has 0 bridgehead atoms. The van der Waals surface area contributed by atoms with Crippen LogP contribution in [0.5, 0.6) is 0 Å². The van der Waals surface area contributed by atoms with Crippen LogP contribution in [0.25, 0.3) is 11.1 Å².